The summed E-state index contributed by atoms with van der Waals surface area (Å²) in [6.07, 6.45) is 0.874. The minimum Gasteiger partial charge on any atom is -0.392 e. The SMILES string of the molecule is CCC(CC)C(=O)CC(O)C(CC)CC.Cc1[c-]c(-c2nccc3c2ccc2c(C(C)C)cc(C(F)(F)F)cc23)cc(C)c1.[Ir]. The normalized spacial score (nSPS) is 12.4. The predicted octanol–water partition coefficient (Wildman–Crippen LogP) is 10.8. The number of hydrogen-bond donors (Lipinski definition) is 1. The zero-order valence-electron chi connectivity index (χ0n) is 27.7. The molecule has 0 amide bonds. The predicted molar refractivity (Wildman–Crippen MR) is 176 cm³/mol. The molecule has 247 valence electrons. The van der Waals surface area contributed by atoms with Crippen LogP contribution in [0.2, 0.25) is 0 Å². The van der Waals surface area contributed by atoms with Gasteiger partial charge >= 0.3 is 6.18 Å². The largest absolute Gasteiger partial charge is 0.416 e. The summed E-state index contributed by atoms with van der Waals surface area (Å²) in [7, 11) is 0. The number of aliphatic hydroxyl groups is 1. The van der Waals surface area contributed by atoms with Gasteiger partial charge in [-0.1, -0.05) is 80.4 Å². The van der Waals surface area contributed by atoms with Crippen LogP contribution in [0.4, 0.5) is 13.2 Å². The van der Waals surface area contributed by atoms with Gasteiger partial charge in [0.25, 0.3) is 0 Å². The molecule has 0 aliphatic rings. The van der Waals surface area contributed by atoms with Crippen LogP contribution in [0.1, 0.15) is 102 Å². The molecule has 1 atom stereocenters. The molecule has 45 heavy (non-hydrogen) atoms. The monoisotopic (exact) mass is 799 g/mol. The maximum absolute atomic E-state index is 13.6. The van der Waals surface area contributed by atoms with E-state index in [1.54, 1.807) is 12.3 Å². The second kappa shape index (κ2) is 16.8. The average molecular weight is 799 g/mol. The third-order valence-electron chi connectivity index (χ3n) is 8.71. The first kappa shape index (κ1) is 38.6. The fourth-order valence-corrected chi connectivity index (χ4v) is 6.12. The van der Waals surface area contributed by atoms with Crippen molar-refractivity contribution in [3.8, 4) is 11.3 Å². The Labute approximate surface area is 280 Å². The molecular formula is C38H47F3IrNO2-. The van der Waals surface area contributed by atoms with Gasteiger partial charge in [0.15, 0.2) is 0 Å². The molecule has 1 unspecified atom stereocenters. The van der Waals surface area contributed by atoms with Gasteiger partial charge < -0.3 is 10.1 Å². The Hall–Kier alpha value is -2.60. The zero-order valence-corrected chi connectivity index (χ0v) is 30.1. The third kappa shape index (κ3) is 9.47. The maximum Gasteiger partial charge on any atom is 0.416 e. The first-order valence-corrected chi connectivity index (χ1v) is 15.9. The van der Waals surface area contributed by atoms with Crippen molar-refractivity contribution < 1.29 is 43.2 Å². The number of carbonyl (C=O) groups excluding carboxylic acids is 1. The molecule has 0 fully saturated rings. The Bertz CT molecular complexity index is 1550. The number of rotatable bonds is 10. The van der Waals surface area contributed by atoms with Crippen molar-refractivity contribution in [3.63, 3.8) is 0 Å². The maximum atomic E-state index is 13.6. The number of aryl methyl sites for hydroxylation is 2. The first-order valence-electron chi connectivity index (χ1n) is 15.9. The van der Waals surface area contributed by atoms with E-state index >= 15 is 0 Å². The van der Waals surface area contributed by atoms with Crippen LogP contribution in [0.3, 0.4) is 0 Å². The number of carbonyl (C=O) groups is 1. The molecule has 4 aromatic rings. The van der Waals surface area contributed by atoms with Gasteiger partial charge in [-0.2, -0.15) is 13.2 Å². The molecule has 3 aromatic carbocycles. The summed E-state index contributed by atoms with van der Waals surface area (Å²) in [6, 6.07) is 15.6. The summed E-state index contributed by atoms with van der Waals surface area (Å²) >= 11 is 0. The van der Waals surface area contributed by atoms with E-state index in [9.17, 15) is 23.1 Å². The molecule has 4 rings (SSSR count). The molecule has 1 radical (unpaired) electrons. The smallest absolute Gasteiger partial charge is 0.392 e. The van der Waals surface area contributed by atoms with Gasteiger partial charge in [0.2, 0.25) is 0 Å². The average Bonchev–Trinajstić information content (AvgIpc) is 2.96. The van der Waals surface area contributed by atoms with E-state index in [1.807, 2.05) is 65.8 Å². The van der Waals surface area contributed by atoms with Crippen molar-refractivity contribution in [1.29, 1.82) is 0 Å². The molecule has 0 saturated heterocycles. The van der Waals surface area contributed by atoms with Crippen molar-refractivity contribution in [1.82, 2.24) is 4.98 Å². The van der Waals surface area contributed by atoms with Gasteiger partial charge in [0, 0.05) is 38.6 Å². The number of fused-ring (bicyclic) bond motifs is 3. The van der Waals surface area contributed by atoms with E-state index in [-0.39, 0.29) is 43.6 Å². The Morgan fingerprint density at radius 3 is 2.02 bits per heavy atom. The number of halogens is 3. The van der Waals surface area contributed by atoms with E-state index in [0.29, 0.717) is 17.4 Å². The minimum absolute atomic E-state index is 0. The Balaban J connectivity index is 0.000000378. The van der Waals surface area contributed by atoms with Crippen LogP contribution in [-0.2, 0) is 31.1 Å². The van der Waals surface area contributed by atoms with Crippen LogP contribution in [-0.4, -0.2) is 22.0 Å². The summed E-state index contributed by atoms with van der Waals surface area (Å²) < 4.78 is 40.7. The first-order chi connectivity index (χ1) is 20.7. The molecule has 1 heterocycles. The van der Waals surface area contributed by atoms with Gasteiger partial charge in [-0.15, -0.1) is 34.9 Å². The summed E-state index contributed by atoms with van der Waals surface area (Å²) in [5.74, 6) is 0.642. The van der Waals surface area contributed by atoms with E-state index < -0.39 is 17.8 Å². The van der Waals surface area contributed by atoms with Crippen molar-refractivity contribution in [2.45, 2.75) is 106 Å². The van der Waals surface area contributed by atoms with E-state index in [4.69, 9.17) is 0 Å². The molecule has 0 aliphatic heterocycles. The van der Waals surface area contributed by atoms with Gasteiger partial charge in [-0.3, -0.25) is 4.79 Å². The molecule has 0 bridgehead atoms. The fourth-order valence-electron chi connectivity index (χ4n) is 6.12. The van der Waals surface area contributed by atoms with Crippen LogP contribution in [0.25, 0.3) is 32.8 Å². The summed E-state index contributed by atoms with van der Waals surface area (Å²) in [5, 5.41) is 13.0. The van der Waals surface area contributed by atoms with E-state index in [0.717, 1.165) is 64.2 Å². The zero-order chi connectivity index (χ0) is 32.8. The number of alkyl halides is 3. The summed E-state index contributed by atoms with van der Waals surface area (Å²) in [6.45, 7) is 16.0. The number of ketones is 1. The number of hydrogen-bond acceptors (Lipinski definition) is 3. The summed E-state index contributed by atoms with van der Waals surface area (Å²) in [5.41, 5.74) is 3.77. The Kier molecular flexibility index (Phi) is 14.4. The van der Waals surface area contributed by atoms with Gasteiger partial charge in [0.1, 0.15) is 5.78 Å². The topological polar surface area (TPSA) is 50.2 Å². The second-order valence-electron chi connectivity index (χ2n) is 12.2. The molecule has 0 saturated carbocycles. The molecule has 7 heteroatoms. The second-order valence-corrected chi connectivity index (χ2v) is 12.2. The van der Waals surface area contributed by atoms with Crippen molar-refractivity contribution in [3.05, 3.63) is 77.0 Å². The molecule has 0 aliphatic carbocycles. The fraction of sp³-hybridized carbons (Fsp3) is 0.474. The molecule has 0 spiro atoms. The van der Waals surface area contributed by atoms with Gasteiger partial charge in [-0.25, -0.2) is 0 Å². The van der Waals surface area contributed by atoms with Crippen LogP contribution in [0.15, 0.2) is 48.7 Å². The number of aromatic nitrogens is 1. The number of aliphatic hydroxyl groups excluding tert-OH is 1. The number of benzene rings is 3. The number of pyridine rings is 1. The standard InChI is InChI=1S/C25H21F3N.C13H26O2.Ir/c1-14(2)22-12-18(25(26,27)28)13-23-19(22)5-6-21-20(23)7-8-29-24(21)17-10-15(3)9-16(4)11-17;1-5-10(6-2)12(14)9-13(15)11(7-3)8-4;/h5-10,12-14H,1-4H3;10-12,14H,5-9H2,1-4H3;/q-1;;. The molecule has 1 N–H and O–H groups in total. The van der Waals surface area contributed by atoms with Crippen molar-refractivity contribution >= 4 is 27.3 Å². The van der Waals surface area contributed by atoms with Gasteiger partial charge in [-0.05, 0) is 75.7 Å². The molecular weight excluding hydrogens is 752 g/mol. The molecule has 1 aromatic heterocycles. The van der Waals surface area contributed by atoms with Gasteiger partial charge in [0.05, 0.1) is 11.7 Å². The van der Waals surface area contributed by atoms with Crippen LogP contribution in [0, 0.1) is 31.7 Å². The Morgan fingerprint density at radius 2 is 1.49 bits per heavy atom. The van der Waals surface area contributed by atoms with Crippen LogP contribution in [0.5, 0.6) is 0 Å². The van der Waals surface area contributed by atoms with Crippen molar-refractivity contribution in [2.75, 3.05) is 0 Å². The van der Waals surface area contributed by atoms with Crippen LogP contribution >= 0.6 is 0 Å². The van der Waals surface area contributed by atoms with Crippen molar-refractivity contribution in [2.24, 2.45) is 11.8 Å². The molecule has 3 nitrogen and oxygen atoms in total. The quantitative estimate of drug-likeness (QED) is 0.128. The Morgan fingerprint density at radius 1 is 0.867 bits per heavy atom. The van der Waals surface area contributed by atoms with Crippen LogP contribution < -0.4 is 0 Å². The van der Waals surface area contributed by atoms with E-state index in [2.05, 4.69) is 24.9 Å². The summed E-state index contributed by atoms with van der Waals surface area (Å²) in [4.78, 5) is 16.3. The number of Topliss-reactive ketones (excluding diaryl/α,β-unsaturated/α-hetero) is 1. The number of nitrogens with zero attached hydrogens (tertiary/aromatic N) is 1. The van der Waals surface area contributed by atoms with E-state index in [1.165, 1.54) is 12.1 Å². The minimum atomic E-state index is -4.39. The third-order valence-corrected chi connectivity index (χ3v) is 8.71.